The maximum Gasteiger partial charge on any atom is 0.138 e. The van der Waals surface area contributed by atoms with E-state index < -0.39 is 0 Å². The Hall–Kier alpha value is -0.400. The van der Waals surface area contributed by atoms with Gasteiger partial charge in [0.15, 0.2) is 0 Å². The van der Waals surface area contributed by atoms with Crippen LogP contribution in [0.3, 0.4) is 0 Å². The molecule has 21 heavy (non-hydrogen) atoms. The third-order valence-corrected chi connectivity index (χ3v) is 4.98. The molecule has 1 saturated heterocycles. The second-order valence-corrected chi connectivity index (χ2v) is 7.32. The summed E-state index contributed by atoms with van der Waals surface area (Å²) in [7, 11) is 0. The van der Waals surface area contributed by atoms with Crippen LogP contribution in [0.1, 0.15) is 31.0 Å². The van der Waals surface area contributed by atoms with E-state index in [2.05, 4.69) is 9.55 Å². The lowest BCUT2D eigenvalue weighted by atomic mass is 10.0. The van der Waals surface area contributed by atoms with Gasteiger partial charge in [-0.15, -0.1) is 11.6 Å². The highest BCUT2D eigenvalue weighted by atomic mass is 127. The zero-order valence-corrected chi connectivity index (χ0v) is 14.7. The van der Waals surface area contributed by atoms with Crippen molar-refractivity contribution in [3.8, 4) is 0 Å². The molecular formula is C15H17ClFIN2O. The summed E-state index contributed by atoms with van der Waals surface area (Å²) < 4.78 is 22.0. The van der Waals surface area contributed by atoms with Gasteiger partial charge in [-0.3, -0.25) is 0 Å². The molecule has 114 valence electrons. The highest BCUT2D eigenvalue weighted by Crippen LogP contribution is 2.29. The molecule has 1 unspecified atom stereocenters. The van der Waals surface area contributed by atoms with E-state index in [1.165, 1.54) is 0 Å². The fraction of sp³-hybridized carbons (Fsp3) is 0.533. The summed E-state index contributed by atoms with van der Waals surface area (Å²) in [6, 6.07) is 3.36. The van der Waals surface area contributed by atoms with Crippen molar-refractivity contribution in [3.05, 3.63) is 27.3 Å². The SMILES string of the molecule is CC(Cl)c1nc2cc(I)c(F)cc2n1CC1CCOCC1. The summed E-state index contributed by atoms with van der Waals surface area (Å²) in [4.78, 5) is 4.61. The summed E-state index contributed by atoms with van der Waals surface area (Å²) in [5.41, 5.74) is 1.65. The largest absolute Gasteiger partial charge is 0.381 e. The number of imidazole rings is 1. The van der Waals surface area contributed by atoms with E-state index in [0.29, 0.717) is 9.49 Å². The quantitative estimate of drug-likeness (QED) is 0.538. The van der Waals surface area contributed by atoms with Gasteiger partial charge in [0.2, 0.25) is 0 Å². The predicted molar refractivity (Wildman–Crippen MR) is 90.2 cm³/mol. The van der Waals surface area contributed by atoms with Gasteiger partial charge in [-0.2, -0.15) is 0 Å². The molecule has 6 heteroatoms. The summed E-state index contributed by atoms with van der Waals surface area (Å²) in [5.74, 6) is 1.15. The van der Waals surface area contributed by atoms with E-state index in [4.69, 9.17) is 16.3 Å². The fourth-order valence-electron chi connectivity index (χ4n) is 2.82. The van der Waals surface area contributed by atoms with Gasteiger partial charge in [-0.1, -0.05) is 0 Å². The van der Waals surface area contributed by atoms with Crippen LogP contribution in [-0.2, 0) is 11.3 Å². The Kier molecular flexibility index (Phi) is 4.71. The van der Waals surface area contributed by atoms with Crippen LogP contribution in [-0.4, -0.2) is 22.8 Å². The highest BCUT2D eigenvalue weighted by Gasteiger charge is 2.21. The highest BCUT2D eigenvalue weighted by molar-refractivity contribution is 14.1. The standard InChI is InChI=1S/C15H17ClFIN2O/c1-9(16)15-19-13-7-12(18)11(17)6-14(13)20(15)8-10-2-4-21-5-3-10/h6-7,9-10H,2-5,8H2,1H3. The lowest BCUT2D eigenvalue weighted by Crippen LogP contribution is -2.21. The Labute approximate surface area is 142 Å². The molecule has 1 aromatic heterocycles. The van der Waals surface area contributed by atoms with E-state index in [0.717, 1.165) is 49.5 Å². The van der Waals surface area contributed by atoms with Crippen molar-refractivity contribution >= 4 is 45.2 Å². The fourth-order valence-corrected chi connectivity index (χ4v) is 3.44. The average Bonchev–Trinajstić information content (AvgIpc) is 2.79. The van der Waals surface area contributed by atoms with Gasteiger partial charge >= 0.3 is 0 Å². The van der Waals surface area contributed by atoms with Gasteiger partial charge in [0, 0.05) is 25.8 Å². The Balaban J connectivity index is 2.04. The second kappa shape index (κ2) is 6.38. The Bertz CT molecular complexity index is 653. The number of rotatable bonds is 3. The zero-order valence-electron chi connectivity index (χ0n) is 11.8. The van der Waals surface area contributed by atoms with E-state index in [1.807, 2.05) is 29.5 Å². The van der Waals surface area contributed by atoms with Crippen LogP contribution in [0.15, 0.2) is 12.1 Å². The maximum atomic E-state index is 13.9. The van der Waals surface area contributed by atoms with Crippen molar-refractivity contribution in [2.24, 2.45) is 5.92 Å². The van der Waals surface area contributed by atoms with E-state index in [-0.39, 0.29) is 11.2 Å². The van der Waals surface area contributed by atoms with Crippen LogP contribution in [0.25, 0.3) is 11.0 Å². The molecule has 0 bridgehead atoms. The van der Waals surface area contributed by atoms with Crippen LogP contribution in [0.4, 0.5) is 4.39 Å². The smallest absolute Gasteiger partial charge is 0.138 e. The Morgan fingerprint density at radius 1 is 1.48 bits per heavy atom. The van der Waals surface area contributed by atoms with Crippen molar-refractivity contribution in [1.82, 2.24) is 9.55 Å². The number of ether oxygens (including phenoxy) is 1. The van der Waals surface area contributed by atoms with Crippen LogP contribution in [0.5, 0.6) is 0 Å². The van der Waals surface area contributed by atoms with Crippen molar-refractivity contribution in [3.63, 3.8) is 0 Å². The monoisotopic (exact) mass is 422 g/mol. The molecule has 3 rings (SSSR count). The van der Waals surface area contributed by atoms with Crippen molar-refractivity contribution < 1.29 is 9.13 Å². The van der Waals surface area contributed by atoms with Gasteiger partial charge in [-0.25, -0.2) is 9.37 Å². The van der Waals surface area contributed by atoms with E-state index >= 15 is 0 Å². The number of aromatic nitrogens is 2. The molecule has 2 aromatic rings. The first-order valence-corrected chi connectivity index (χ1v) is 8.64. The normalized spacial score (nSPS) is 18.3. The number of hydrogen-bond donors (Lipinski definition) is 0. The molecule has 1 atom stereocenters. The van der Waals surface area contributed by atoms with E-state index in [9.17, 15) is 4.39 Å². The van der Waals surface area contributed by atoms with Crippen LogP contribution < -0.4 is 0 Å². The summed E-state index contributed by atoms with van der Waals surface area (Å²) in [6.45, 7) is 4.33. The number of nitrogens with zero attached hydrogens (tertiary/aromatic N) is 2. The molecule has 0 spiro atoms. The molecule has 1 aliphatic rings. The average molecular weight is 423 g/mol. The van der Waals surface area contributed by atoms with Crippen LogP contribution in [0, 0.1) is 15.3 Å². The van der Waals surface area contributed by atoms with Gasteiger partial charge in [0.25, 0.3) is 0 Å². The van der Waals surface area contributed by atoms with Gasteiger partial charge in [0.1, 0.15) is 11.6 Å². The minimum Gasteiger partial charge on any atom is -0.381 e. The first kappa shape index (κ1) is 15.5. The first-order valence-electron chi connectivity index (χ1n) is 7.13. The van der Waals surface area contributed by atoms with Crippen molar-refractivity contribution in [2.45, 2.75) is 31.7 Å². The molecule has 2 heterocycles. The number of hydrogen-bond acceptors (Lipinski definition) is 2. The molecule has 1 aliphatic heterocycles. The zero-order chi connectivity index (χ0) is 15.0. The topological polar surface area (TPSA) is 27.1 Å². The molecule has 0 saturated carbocycles. The summed E-state index contributed by atoms with van der Waals surface area (Å²) in [5, 5.41) is -0.196. The third kappa shape index (κ3) is 3.19. The van der Waals surface area contributed by atoms with Gasteiger partial charge < -0.3 is 9.30 Å². The molecule has 3 nitrogen and oxygen atoms in total. The number of alkyl halides is 1. The van der Waals surface area contributed by atoms with Crippen molar-refractivity contribution in [2.75, 3.05) is 13.2 Å². The number of benzene rings is 1. The molecule has 0 radical (unpaired) electrons. The molecular weight excluding hydrogens is 406 g/mol. The molecule has 0 N–H and O–H groups in total. The van der Waals surface area contributed by atoms with Crippen molar-refractivity contribution in [1.29, 1.82) is 0 Å². The maximum absolute atomic E-state index is 13.9. The second-order valence-electron chi connectivity index (χ2n) is 5.51. The summed E-state index contributed by atoms with van der Waals surface area (Å²) >= 11 is 8.27. The molecule has 0 aliphatic carbocycles. The van der Waals surface area contributed by atoms with Crippen LogP contribution in [0.2, 0.25) is 0 Å². The molecule has 1 fully saturated rings. The minimum absolute atomic E-state index is 0.196. The summed E-state index contributed by atoms with van der Waals surface area (Å²) in [6.07, 6.45) is 2.06. The molecule has 0 amide bonds. The number of halogens is 3. The number of fused-ring (bicyclic) bond motifs is 1. The molecule has 1 aromatic carbocycles. The Morgan fingerprint density at radius 3 is 2.86 bits per heavy atom. The Morgan fingerprint density at radius 2 is 2.19 bits per heavy atom. The van der Waals surface area contributed by atoms with Crippen LogP contribution >= 0.6 is 34.2 Å². The minimum atomic E-state index is -0.204. The third-order valence-electron chi connectivity index (χ3n) is 3.96. The lowest BCUT2D eigenvalue weighted by Gasteiger charge is -2.24. The van der Waals surface area contributed by atoms with Gasteiger partial charge in [-0.05, 0) is 54.3 Å². The lowest BCUT2D eigenvalue weighted by molar-refractivity contribution is 0.0613. The first-order chi connectivity index (χ1) is 10.1. The van der Waals surface area contributed by atoms with Gasteiger partial charge in [0.05, 0.1) is 20.0 Å². The van der Waals surface area contributed by atoms with E-state index in [1.54, 1.807) is 12.1 Å². The predicted octanol–water partition coefficient (Wildman–Crippen LogP) is 4.51.